The first kappa shape index (κ1) is 16.1. The van der Waals surface area contributed by atoms with Crippen molar-refractivity contribution in [1.29, 1.82) is 0 Å². The Bertz CT molecular complexity index is 1150. The van der Waals surface area contributed by atoms with Crippen LogP contribution in [-0.2, 0) is 0 Å². The molecule has 2 aromatic carbocycles. The molecule has 0 atom stereocenters. The van der Waals surface area contributed by atoms with Crippen LogP contribution >= 0.6 is 0 Å². The molecule has 0 aliphatic heterocycles. The largest absolute Gasteiger partial charge is 0.497 e. The van der Waals surface area contributed by atoms with Gasteiger partial charge in [-0.05, 0) is 60.3 Å². The third-order valence-electron chi connectivity index (χ3n) is 4.51. The summed E-state index contributed by atoms with van der Waals surface area (Å²) < 4.78 is 7.06. The summed E-state index contributed by atoms with van der Waals surface area (Å²) in [5.41, 5.74) is 3.32. The SMILES string of the molecule is COc1ccc2c(=O)n(-c3ccccc3C)c(-c3ccccn3)cc2c1. The molecule has 0 N–H and O–H groups in total. The van der Waals surface area contributed by atoms with E-state index in [1.165, 1.54) is 0 Å². The molecule has 4 aromatic rings. The van der Waals surface area contributed by atoms with Gasteiger partial charge in [0.15, 0.2) is 0 Å². The number of aromatic nitrogens is 2. The first-order valence-corrected chi connectivity index (χ1v) is 8.40. The van der Waals surface area contributed by atoms with Crippen molar-refractivity contribution >= 4 is 10.8 Å². The third kappa shape index (κ3) is 2.65. The highest BCUT2D eigenvalue weighted by atomic mass is 16.5. The van der Waals surface area contributed by atoms with Crippen molar-refractivity contribution in [2.75, 3.05) is 7.11 Å². The van der Waals surface area contributed by atoms with E-state index in [-0.39, 0.29) is 5.56 Å². The number of hydrogen-bond acceptors (Lipinski definition) is 3. The predicted molar refractivity (Wildman–Crippen MR) is 104 cm³/mol. The number of ether oxygens (including phenoxy) is 1. The molecule has 128 valence electrons. The maximum Gasteiger partial charge on any atom is 0.263 e. The van der Waals surface area contributed by atoms with E-state index in [0.717, 1.165) is 33.8 Å². The topological polar surface area (TPSA) is 44.1 Å². The molecule has 4 heteroatoms. The molecule has 4 rings (SSSR count). The van der Waals surface area contributed by atoms with Crippen molar-refractivity contribution in [3.8, 4) is 22.8 Å². The number of fused-ring (bicyclic) bond motifs is 1. The average Bonchev–Trinajstić information content (AvgIpc) is 2.69. The van der Waals surface area contributed by atoms with E-state index in [1.54, 1.807) is 17.9 Å². The quantitative estimate of drug-likeness (QED) is 0.555. The molecule has 2 heterocycles. The predicted octanol–water partition coefficient (Wildman–Crippen LogP) is 4.37. The van der Waals surface area contributed by atoms with Crippen molar-refractivity contribution in [1.82, 2.24) is 9.55 Å². The maximum atomic E-state index is 13.4. The van der Waals surface area contributed by atoms with Gasteiger partial charge in [0.25, 0.3) is 5.56 Å². The average molecular weight is 342 g/mol. The second kappa shape index (κ2) is 6.48. The second-order valence-corrected chi connectivity index (χ2v) is 6.12. The summed E-state index contributed by atoms with van der Waals surface area (Å²) in [5, 5.41) is 1.48. The van der Waals surface area contributed by atoms with Gasteiger partial charge in [-0.15, -0.1) is 0 Å². The van der Waals surface area contributed by atoms with Crippen LogP contribution in [0.25, 0.3) is 27.8 Å². The summed E-state index contributed by atoms with van der Waals surface area (Å²) in [6, 6.07) is 21.1. The van der Waals surface area contributed by atoms with Crippen molar-refractivity contribution in [3.05, 3.63) is 88.8 Å². The Hall–Kier alpha value is -3.40. The first-order valence-electron chi connectivity index (χ1n) is 8.40. The zero-order valence-electron chi connectivity index (χ0n) is 14.6. The number of benzene rings is 2. The van der Waals surface area contributed by atoms with Crippen molar-refractivity contribution in [2.24, 2.45) is 0 Å². The first-order chi connectivity index (χ1) is 12.7. The molecule has 0 aliphatic carbocycles. The van der Waals surface area contributed by atoms with Crippen LogP contribution in [0.3, 0.4) is 0 Å². The van der Waals surface area contributed by atoms with Gasteiger partial charge in [-0.1, -0.05) is 24.3 Å². The molecule has 0 unspecified atom stereocenters. The van der Waals surface area contributed by atoms with Crippen molar-refractivity contribution in [2.45, 2.75) is 6.92 Å². The number of nitrogens with zero attached hydrogens (tertiary/aromatic N) is 2. The second-order valence-electron chi connectivity index (χ2n) is 6.12. The maximum absolute atomic E-state index is 13.4. The molecular formula is C22H18N2O2. The Balaban J connectivity index is 2.13. The molecule has 0 radical (unpaired) electrons. The van der Waals surface area contributed by atoms with Crippen LogP contribution in [0.5, 0.6) is 5.75 Å². The smallest absolute Gasteiger partial charge is 0.263 e. The van der Waals surface area contributed by atoms with E-state index in [0.29, 0.717) is 5.39 Å². The molecule has 0 aliphatic rings. The minimum atomic E-state index is -0.0693. The summed E-state index contributed by atoms with van der Waals surface area (Å²) in [5.74, 6) is 0.720. The van der Waals surface area contributed by atoms with E-state index in [9.17, 15) is 4.79 Å². The lowest BCUT2D eigenvalue weighted by molar-refractivity contribution is 0.415. The molecule has 0 fully saturated rings. The van der Waals surface area contributed by atoms with Gasteiger partial charge in [0.1, 0.15) is 5.75 Å². The molecule has 0 saturated heterocycles. The highest BCUT2D eigenvalue weighted by molar-refractivity contribution is 5.87. The normalized spacial score (nSPS) is 10.8. The molecule has 4 nitrogen and oxygen atoms in total. The van der Waals surface area contributed by atoms with Crippen LogP contribution in [0.4, 0.5) is 0 Å². The van der Waals surface area contributed by atoms with E-state index in [4.69, 9.17) is 4.74 Å². The highest BCUT2D eigenvalue weighted by Crippen LogP contribution is 2.27. The van der Waals surface area contributed by atoms with E-state index in [1.807, 2.05) is 73.7 Å². The summed E-state index contributed by atoms with van der Waals surface area (Å²) in [4.78, 5) is 17.8. The Kier molecular flexibility index (Phi) is 4.01. The Labute approximate surface area is 151 Å². The molecule has 0 amide bonds. The number of aryl methyl sites for hydroxylation is 1. The van der Waals surface area contributed by atoms with Crippen molar-refractivity contribution in [3.63, 3.8) is 0 Å². The van der Waals surface area contributed by atoms with E-state index < -0.39 is 0 Å². The fourth-order valence-electron chi connectivity index (χ4n) is 3.18. The standard InChI is InChI=1S/C22H18N2O2/c1-15-7-3-4-9-20(15)24-21(19-8-5-6-12-23-19)14-16-13-17(26-2)10-11-18(16)22(24)25/h3-14H,1-2H3. The molecule has 26 heavy (non-hydrogen) atoms. The van der Waals surface area contributed by atoms with Gasteiger partial charge in [0.2, 0.25) is 0 Å². The number of pyridine rings is 2. The zero-order chi connectivity index (χ0) is 18.1. The molecule has 0 bridgehead atoms. The Morgan fingerprint density at radius 2 is 1.77 bits per heavy atom. The van der Waals surface area contributed by atoms with Crippen LogP contribution < -0.4 is 10.3 Å². The van der Waals surface area contributed by atoms with Gasteiger partial charge >= 0.3 is 0 Å². The number of rotatable bonds is 3. The van der Waals surface area contributed by atoms with E-state index >= 15 is 0 Å². The van der Waals surface area contributed by atoms with Gasteiger partial charge < -0.3 is 4.74 Å². The third-order valence-corrected chi connectivity index (χ3v) is 4.51. The summed E-state index contributed by atoms with van der Waals surface area (Å²) in [6.45, 7) is 2.00. The zero-order valence-corrected chi connectivity index (χ0v) is 14.6. The summed E-state index contributed by atoms with van der Waals surface area (Å²) in [6.07, 6.45) is 1.73. The van der Waals surface area contributed by atoms with Crippen LogP contribution in [0.15, 0.2) is 77.7 Å². The van der Waals surface area contributed by atoms with Gasteiger partial charge in [0, 0.05) is 11.6 Å². The van der Waals surface area contributed by atoms with Crippen molar-refractivity contribution < 1.29 is 4.74 Å². The minimum Gasteiger partial charge on any atom is -0.497 e. The van der Waals surface area contributed by atoms with Gasteiger partial charge in [0.05, 0.1) is 24.2 Å². The minimum absolute atomic E-state index is 0.0693. The lowest BCUT2D eigenvalue weighted by atomic mass is 10.1. The highest BCUT2D eigenvalue weighted by Gasteiger charge is 2.15. The summed E-state index contributed by atoms with van der Waals surface area (Å²) >= 11 is 0. The fraction of sp³-hybridized carbons (Fsp3) is 0.0909. The summed E-state index contributed by atoms with van der Waals surface area (Å²) in [7, 11) is 1.62. The molecule has 2 aromatic heterocycles. The molecule has 0 spiro atoms. The lowest BCUT2D eigenvalue weighted by Gasteiger charge is -2.16. The lowest BCUT2D eigenvalue weighted by Crippen LogP contribution is -2.21. The van der Waals surface area contributed by atoms with Gasteiger partial charge in [-0.25, -0.2) is 0 Å². The van der Waals surface area contributed by atoms with E-state index in [2.05, 4.69) is 4.98 Å². The van der Waals surface area contributed by atoms with Crippen LogP contribution in [0, 0.1) is 6.92 Å². The number of para-hydroxylation sites is 1. The molecular weight excluding hydrogens is 324 g/mol. The fourth-order valence-corrected chi connectivity index (χ4v) is 3.18. The monoisotopic (exact) mass is 342 g/mol. The molecule has 0 saturated carbocycles. The van der Waals surface area contributed by atoms with Crippen LogP contribution in [0.1, 0.15) is 5.56 Å². The van der Waals surface area contributed by atoms with Crippen LogP contribution in [-0.4, -0.2) is 16.7 Å². The number of methoxy groups -OCH3 is 1. The van der Waals surface area contributed by atoms with Gasteiger partial charge in [-0.2, -0.15) is 0 Å². The van der Waals surface area contributed by atoms with Crippen LogP contribution in [0.2, 0.25) is 0 Å². The van der Waals surface area contributed by atoms with Gasteiger partial charge in [-0.3, -0.25) is 14.3 Å². The number of hydrogen-bond donors (Lipinski definition) is 0. The Morgan fingerprint density at radius 1 is 0.962 bits per heavy atom. The Morgan fingerprint density at radius 3 is 2.50 bits per heavy atom.